The summed E-state index contributed by atoms with van der Waals surface area (Å²) in [4.78, 5) is 32.4. The number of nitrogens with one attached hydrogen (secondary N) is 1. The van der Waals surface area contributed by atoms with Gasteiger partial charge in [-0.2, -0.15) is 11.8 Å². The van der Waals surface area contributed by atoms with Gasteiger partial charge < -0.3 is 9.73 Å². The van der Waals surface area contributed by atoms with E-state index >= 15 is 0 Å². The van der Waals surface area contributed by atoms with Crippen LogP contribution in [0.4, 0.5) is 5.69 Å². The number of fused-ring (bicyclic) bond motifs is 3. The van der Waals surface area contributed by atoms with Crippen molar-refractivity contribution in [1.82, 2.24) is 14.5 Å². The molecule has 8 heteroatoms. The Labute approximate surface area is 189 Å². The summed E-state index contributed by atoms with van der Waals surface area (Å²) in [6.45, 7) is 4.94. The maximum absolute atomic E-state index is 12.9. The van der Waals surface area contributed by atoms with Crippen molar-refractivity contribution in [3.63, 3.8) is 0 Å². The van der Waals surface area contributed by atoms with Crippen molar-refractivity contribution >= 4 is 45.4 Å². The summed E-state index contributed by atoms with van der Waals surface area (Å²) in [6, 6.07) is 13.3. The first kappa shape index (κ1) is 20.8. The van der Waals surface area contributed by atoms with E-state index in [0.717, 1.165) is 47.8 Å². The van der Waals surface area contributed by atoms with Gasteiger partial charge in [0.15, 0.2) is 0 Å². The molecule has 0 bridgehead atoms. The van der Waals surface area contributed by atoms with Gasteiger partial charge in [-0.05, 0) is 36.2 Å². The second-order valence-corrected chi connectivity index (χ2v) is 9.20. The van der Waals surface area contributed by atoms with Crippen LogP contribution in [0.3, 0.4) is 0 Å². The normalized spacial score (nSPS) is 14.8. The van der Waals surface area contributed by atoms with E-state index in [1.807, 2.05) is 49.0 Å². The van der Waals surface area contributed by atoms with Crippen LogP contribution in [0.5, 0.6) is 0 Å². The molecule has 0 unspecified atom stereocenters. The Kier molecular flexibility index (Phi) is 5.71. The Bertz CT molecular complexity index is 1350. The van der Waals surface area contributed by atoms with E-state index in [2.05, 4.69) is 21.3 Å². The van der Waals surface area contributed by atoms with Crippen LogP contribution in [0, 0.1) is 6.92 Å². The minimum absolute atomic E-state index is 0.133. The molecule has 0 aliphatic carbocycles. The minimum atomic E-state index is -0.366. The zero-order chi connectivity index (χ0) is 22.1. The molecule has 2 aromatic carbocycles. The summed E-state index contributed by atoms with van der Waals surface area (Å²) in [5, 5.41) is 3.75. The quantitative estimate of drug-likeness (QED) is 0.502. The van der Waals surface area contributed by atoms with Gasteiger partial charge in [0.1, 0.15) is 17.6 Å². The number of nitrogens with zero attached hydrogens (tertiary/aromatic N) is 3. The van der Waals surface area contributed by atoms with Crippen LogP contribution < -0.4 is 10.9 Å². The lowest BCUT2D eigenvalue weighted by Crippen LogP contribution is -2.32. The van der Waals surface area contributed by atoms with Gasteiger partial charge in [-0.25, -0.2) is 4.98 Å². The van der Waals surface area contributed by atoms with Crippen LogP contribution in [-0.2, 0) is 17.9 Å². The van der Waals surface area contributed by atoms with Gasteiger partial charge in [0.05, 0.1) is 6.33 Å². The lowest BCUT2D eigenvalue weighted by Gasteiger charge is -2.27. The van der Waals surface area contributed by atoms with Crippen molar-refractivity contribution in [1.29, 1.82) is 0 Å². The highest BCUT2D eigenvalue weighted by Crippen LogP contribution is 2.24. The van der Waals surface area contributed by atoms with E-state index in [1.54, 1.807) is 6.07 Å². The van der Waals surface area contributed by atoms with Gasteiger partial charge in [0.2, 0.25) is 11.5 Å². The summed E-state index contributed by atoms with van der Waals surface area (Å²) < 4.78 is 6.98. The second kappa shape index (κ2) is 8.80. The number of hydrogen-bond donors (Lipinski definition) is 1. The predicted molar refractivity (Wildman–Crippen MR) is 128 cm³/mol. The Hall–Kier alpha value is -3.10. The van der Waals surface area contributed by atoms with E-state index in [0.29, 0.717) is 11.1 Å². The third-order valence-electron chi connectivity index (χ3n) is 5.88. The Morgan fingerprint density at radius 1 is 1.16 bits per heavy atom. The number of aromatic nitrogens is 2. The van der Waals surface area contributed by atoms with Gasteiger partial charge in [-0.3, -0.25) is 19.1 Å². The number of hydrogen-bond acceptors (Lipinski definition) is 6. The molecule has 0 radical (unpaired) electrons. The molecule has 0 spiro atoms. The molecule has 7 nitrogen and oxygen atoms in total. The predicted octanol–water partition coefficient (Wildman–Crippen LogP) is 3.64. The molecule has 1 N–H and O–H groups in total. The topological polar surface area (TPSA) is 80.4 Å². The Morgan fingerprint density at radius 3 is 2.81 bits per heavy atom. The molecule has 1 amide bonds. The summed E-state index contributed by atoms with van der Waals surface area (Å²) in [6.07, 6.45) is 1.41. The summed E-state index contributed by atoms with van der Waals surface area (Å²) >= 11 is 1.99. The monoisotopic (exact) mass is 448 g/mol. The highest BCUT2D eigenvalue weighted by molar-refractivity contribution is 7.99. The molecule has 5 rings (SSSR count). The number of benzene rings is 2. The molecule has 3 heterocycles. The zero-order valence-corrected chi connectivity index (χ0v) is 18.7. The molecule has 0 atom stereocenters. The number of anilines is 1. The smallest absolute Gasteiger partial charge is 0.297 e. The lowest BCUT2D eigenvalue weighted by atomic mass is 10.1. The second-order valence-electron chi connectivity index (χ2n) is 7.98. The molecule has 4 aromatic rings. The molecular weight excluding hydrogens is 424 g/mol. The van der Waals surface area contributed by atoms with E-state index in [4.69, 9.17) is 4.42 Å². The molecule has 32 heavy (non-hydrogen) atoms. The van der Waals surface area contributed by atoms with E-state index < -0.39 is 0 Å². The molecule has 2 aromatic heterocycles. The Morgan fingerprint density at radius 2 is 1.97 bits per heavy atom. The molecule has 1 aliphatic rings. The average Bonchev–Trinajstić information content (AvgIpc) is 3.19. The number of rotatable bonds is 5. The number of furan rings is 1. The number of amides is 1. The molecule has 0 saturated carbocycles. The Balaban J connectivity index is 1.34. The van der Waals surface area contributed by atoms with Crippen LogP contribution in [0.2, 0.25) is 0 Å². The van der Waals surface area contributed by atoms with Gasteiger partial charge in [0, 0.05) is 42.2 Å². The van der Waals surface area contributed by atoms with Gasteiger partial charge in [0.25, 0.3) is 5.56 Å². The SMILES string of the molecule is Cc1c(CN2CCSCC2)cccc1NC(=O)Cn1cnc2c(oc3ccccc32)c1=O. The van der Waals surface area contributed by atoms with Crippen molar-refractivity contribution < 1.29 is 9.21 Å². The van der Waals surface area contributed by atoms with Crippen LogP contribution >= 0.6 is 11.8 Å². The van der Waals surface area contributed by atoms with E-state index in [9.17, 15) is 9.59 Å². The third kappa shape index (κ3) is 4.03. The maximum atomic E-state index is 12.9. The number of thioether (sulfide) groups is 1. The van der Waals surface area contributed by atoms with Crippen LogP contribution in [0.25, 0.3) is 22.1 Å². The van der Waals surface area contributed by atoms with Crippen molar-refractivity contribution in [3.8, 4) is 0 Å². The highest BCUT2D eigenvalue weighted by Gasteiger charge is 2.16. The van der Waals surface area contributed by atoms with E-state index in [-0.39, 0.29) is 23.6 Å². The average molecular weight is 449 g/mol. The fraction of sp³-hybridized carbons (Fsp3) is 0.292. The van der Waals surface area contributed by atoms with Crippen molar-refractivity contribution in [2.75, 3.05) is 29.9 Å². The standard InChI is InChI=1S/C24H24N4O3S/c1-16-17(13-27-9-11-32-12-10-27)5-4-7-19(16)26-21(29)14-28-15-25-22-18-6-2-3-8-20(18)31-23(22)24(28)30/h2-8,15H,9-14H2,1H3,(H,26,29). The molecule has 1 fully saturated rings. The van der Waals surface area contributed by atoms with Gasteiger partial charge in [-0.15, -0.1) is 0 Å². The largest absolute Gasteiger partial charge is 0.448 e. The minimum Gasteiger partial charge on any atom is -0.448 e. The molecule has 1 saturated heterocycles. The fourth-order valence-corrected chi connectivity index (χ4v) is 5.04. The molecule has 1 aliphatic heterocycles. The van der Waals surface area contributed by atoms with Gasteiger partial charge in [-0.1, -0.05) is 24.3 Å². The first-order chi connectivity index (χ1) is 15.6. The highest BCUT2D eigenvalue weighted by atomic mass is 32.2. The van der Waals surface area contributed by atoms with Crippen LogP contribution in [-0.4, -0.2) is 45.0 Å². The molecule has 164 valence electrons. The number of carbonyl (C=O) groups is 1. The maximum Gasteiger partial charge on any atom is 0.297 e. The summed E-state index contributed by atoms with van der Waals surface area (Å²) in [7, 11) is 0. The summed E-state index contributed by atoms with van der Waals surface area (Å²) in [5.41, 5.74) is 3.95. The van der Waals surface area contributed by atoms with E-state index in [1.165, 1.54) is 16.5 Å². The van der Waals surface area contributed by atoms with Crippen molar-refractivity contribution in [2.24, 2.45) is 0 Å². The lowest BCUT2D eigenvalue weighted by molar-refractivity contribution is -0.116. The van der Waals surface area contributed by atoms with Crippen LogP contribution in [0.1, 0.15) is 11.1 Å². The number of para-hydroxylation sites is 1. The fourth-order valence-electron chi connectivity index (χ4n) is 4.06. The van der Waals surface area contributed by atoms with Crippen molar-refractivity contribution in [2.45, 2.75) is 20.0 Å². The first-order valence-electron chi connectivity index (χ1n) is 10.7. The van der Waals surface area contributed by atoms with Crippen molar-refractivity contribution in [3.05, 3.63) is 70.3 Å². The molecular formula is C24H24N4O3S. The third-order valence-corrected chi connectivity index (χ3v) is 6.82. The van der Waals surface area contributed by atoms with Crippen LogP contribution in [0.15, 0.2) is 58.0 Å². The van der Waals surface area contributed by atoms with Gasteiger partial charge >= 0.3 is 0 Å². The first-order valence-corrected chi connectivity index (χ1v) is 11.8. The summed E-state index contributed by atoms with van der Waals surface area (Å²) in [5.74, 6) is 2.04. The zero-order valence-electron chi connectivity index (χ0n) is 17.8. The number of carbonyl (C=O) groups excluding carboxylic acids is 1.